The first-order chi connectivity index (χ1) is 7.84. The van der Waals surface area contributed by atoms with Gasteiger partial charge in [0.2, 0.25) is 0 Å². The van der Waals surface area contributed by atoms with Crippen LogP contribution in [0.1, 0.15) is 32.1 Å². The van der Waals surface area contributed by atoms with Gasteiger partial charge < -0.3 is 4.90 Å². The second-order valence-electron chi connectivity index (χ2n) is 4.93. The van der Waals surface area contributed by atoms with Crippen LogP contribution in [0.4, 0.5) is 5.82 Å². The number of hydrogen-bond acceptors (Lipinski definition) is 2. The zero-order valence-corrected chi connectivity index (χ0v) is 10.2. The van der Waals surface area contributed by atoms with Gasteiger partial charge in [-0.1, -0.05) is 18.0 Å². The van der Waals surface area contributed by atoms with Gasteiger partial charge in [0.15, 0.2) is 0 Å². The van der Waals surface area contributed by atoms with Crippen molar-refractivity contribution < 1.29 is 0 Å². The summed E-state index contributed by atoms with van der Waals surface area (Å²) in [6.45, 7) is 1.16. The maximum absolute atomic E-state index is 5.88. The number of nitrogens with zero attached hydrogens (tertiary/aromatic N) is 2. The lowest BCUT2D eigenvalue weighted by Gasteiger charge is -2.38. The summed E-state index contributed by atoms with van der Waals surface area (Å²) < 4.78 is 0. The Morgan fingerprint density at radius 1 is 1.19 bits per heavy atom. The Bertz CT molecular complexity index is 363. The first-order valence-electron chi connectivity index (χ1n) is 6.23. The van der Waals surface area contributed by atoms with Gasteiger partial charge in [0, 0.05) is 18.8 Å². The number of hydrogen-bond donors (Lipinski definition) is 0. The van der Waals surface area contributed by atoms with E-state index in [0.717, 1.165) is 29.3 Å². The predicted octanol–water partition coefficient (Wildman–Crippen LogP) is 3.50. The molecule has 0 amide bonds. The van der Waals surface area contributed by atoms with Crippen molar-refractivity contribution in [2.45, 2.75) is 38.1 Å². The average Bonchev–Trinajstić information content (AvgIpc) is 2.78. The molecule has 0 spiro atoms. The Kier molecular flexibility index (Phi) is 2.76. The highest BCUT2D eigenvalue weighted by Gasteiger charge is 2.35. The quantitative estimate of drug-likeness (QED) is 0.742. The van der Waals surface area contributed by atoms with Crippen LogP contribution in [0, 0.1) is 5.92 Å². The lowest BCUT2D eigenvalue weighted by atomic mass is 9.92. The van der Waals surface area contributed by atoms with E-state index < -0.39 is 0 Å². The van der Waals surface area contributed by atoms with E-state index in [9.17, 15) is 0 Å². The van der Waals surface area contributed by atoms with E-state index in [-0.39, 0.29) is 0 Å². The molecule has 1 aliphatic heterocycles. The van der Waals surface area contributed by atoms with Crippen LogP contribution >= 0.6 is 11.6 Å². The van der Waals surface area contributed by atoms with Crippen LogP contribution in [-0.4, -0.2) is 17.6 Å². The van der Waals surface area contributed by atoms with E-state index in [1.807, 2.05) is 6.07 Å². The molecule has 3 heteroatoms. The number of fused-ring (bicyclic) bond motifs is 1. The van der Waals surface area contributed by atoms with E-state index in [1.54, 1.807) is 6.20 Å². The summed E-state index contributed by atoms with van der Waals surface area (Å²) in [5.74, 6) is 2.02. The van der Waals surface area contributed by atoms with Crippen molar-refractivity contribution in [1.82, 2.24) is 4.98 Å². The second kappa shape index (κ2) is 4.25. The molecule has 2 heterocycles. The molecule has 0 N–H and O–H groups in total. The van der Waals surface area contributed by atoms with Gasteiger partial charge in [-0.15, -0.1) is 0 Å². The minimum Gasteiger partial charge on any atom is -0.353 e. The van der Waals surface area contributed by atoms with Crippen LogP contribution in [0.3, 0.4) is 0 Å². The van der Waals surface area contributed by atoms with Crippen LogP contribution in [0.2, 0.25) is 5.02 Å². The third kappa shape index (κ3) is 1.80. The molecule has 1 aromatic heterocycles. The number of pyridine rings is 1. The number of aromatic nitrogens is 1. The summed E-state index contributed by atoms with van der Waals surface area (Å²) >= 11 is 5.88. The van der Waals surface area contributed by atoms with Crippen LogP contribution in [-0.2, 0) is 0 Å². The molecule has 86 valence electrons. The summed E-state index contributed by atoms with van der Waals surface area (Å²) in [6.07, 6.45) is 8.62. The Morgan fingerprint density at radius 3 is 2.88 bits per heavy atom. The largest absolute Gasteiger partial charge is 0.353 e. The predicted molar refractivity (Wildman–Crippen MR) is 67.0 cm³/mol. The fourth-order valence-electron chi connectivity index (χ4n) is 3.28. The maximum Gasteiger partial charge on any atom is 0.128 e. The summed E-state index contributed by atoms with van der Waals surface area (Å²) in [5, 5.41) is 0.726. The van der Waals surface area contributed by atoms with E-state index in [4.69, 9.17) is 11.6 Å². The topological polar surface area (TPSA) is 16.1 Å². The number of halogens is 1. The molecule has 2 nitrogen and oxygen atoms in total. The van der Waals surface area contributed by atoms with E-state index in [0.29, 0.717) is 0 Å². The minimum absolute atomic E-state index is 0.726. The molecule has 1 saturated carbocycles. The van der Waals surface area contributed by atoms with Gasteiger partial charge in [-0.05, 0) is 43.7 Å². The molecular formula is C13H17ClN2. The maximum atomic E-state index is 5.88. The van der Waals surface area contributed by atoms with Crippen LogP contribution in [0.25, 0.3) is 0 Å². The lowest BCUT2D eigenvalue weighted by Crippen LogP contribution is -2.43. The smallest absolute Gasteiger partial charge is 0.128 e. The van der Waals surface area contributed by atoms with Crippen molar-refractivity contribution in [3.63, 3.8) is 0 Å². The first-order valence-corrected chi connectivity index (χ1v) is 6.60. The third-order valence-corrected chi connectivity index (χ3v) is 4.22. The van der Waals surface area contributed by atoms with E-state index >= 15 is 0 Å². The molecule has 0 radical (unpaired) electrons. The molecule has 16 heavy (non-hydrogen) atoms. The van der Waals surface area contributed by atoms with Gasteiger partial charge in [-0.25, -0.2) is 4.98 Å². The van der Waals surface area contributed by atoms with Crippen molar-refractivity contribution in [2.24, 2.45) is 5.92 Å². The monoisotopic (exact) mass is 236 g/mol. The Morgan fingerprint density at radius 2 is 2.06 bits per heavy atom. The first kappa shape index (κ1) is 10.4. The van der Waals surface area contributed by atoms with E-state index in [1.165, 1.54) is 32.1 Å². The average molecular weight is 237 g/mol. The molecule has 1 aliphatic carbocycles. The van der Waals surface area contributed by atoms with Gasteiger partial charge in [0.05, 0.1) is 5.02 Å². The van der Waals surface area contributed by atoms with Crippen LogP contribution < -0.4 is 4.90 Å². The number of piperidine rings is 1. The van der Waals surface area contributed by atoms with Crippen LogP contribution in [0.5, 0.6) is 0 Å². The van der Waals surface area contributed by atoms with Gasteiger partial charge in [0.25, 0.3) is 0 Å². The number of rotatable bonds is 1. The van der Waals surface area contributed by atoms with Crippen molar-refractivity contribution >= 4 is 17.4 Å². The Balaban J connectivity index is 1.85. The fourth-order valence-corrected chi connectivity index (χ4v) is 3.39. The molecule has 2 unspecified atom stereocenters. The standard InChI is InChI=1S/C13H17ClN2/c14-11-6-7-13(15-9-11)16-8-2-4-10-3-1-5-12(10)16/h6-7,9-10,12H,1-5,8H2. The van der Waals surface area contributed by atoms with Gasteiger partial charge >= 0.3 is 0 Å². The highest BCUT2D eigenvalue weighted by atomic mass is 35.5. The Hall–Kier alpha value is -0.760. The van der Waals surface area contributed by atoms with Gasteiger partial charge in [0.1, 0.15) is 5.82 Å². The summed E-state index contributed by atoms with van der Waals surface area (Å²) in [5.41, 5.74) is 0. The lowest BCUT2D eigenvalue weighted by molar-refractivity contribution is 0.360. The second-order valence-corrected chi connectivity index (χ2v) is 5.37. The molecule has 0 aromatic carbocycles. The van der Waals surface area contributed by atoms with Crippen molar-refractivity contribution in [2.75, 3.05) is 11.4 Å². The molecule has 2 fully saturated rings. The van der Waals surface area contributed by atoms with Crippen molar-refractivity contribution in [3.05, 3.63) is 23.4 Å². The molecule has 1 saturated heterocycles. The van der Waals surface area contributed by atoms with Gasteiger partial charge in [-0.2, -0.15) is 0 Å². The summed E-state index contributed by atoms with van der Waals surface area (Å²) in [7, 11) is 0. The van der Waals surface area contributed by atoms with Crippen LogP contribution in [0.15, 0.2) is 18.3 Å². The van der Waals surface area contributed by atoms with Gasteiger partial charge in [-0.3, -0.25) is 0 Å². The summed E-state index contributed by atoms with van der Waals surface area (Å²) in [4.78, 5) is 6.95. The van der Waals surface area contributed by atoms with Crippen molar-refractivity contribution in [3.8, 4) is 0 Å². The molecule has 0 bridgehead atoms. The molecule has 1 aromatic rings. The highest BCUT2D eigenvalue weighted by Crippen LogP contribution is 2.38. The third-order valence-electron chi connectivity index (χ3n) is 4.00. The summed E-state index contributed by atoms with van der Waals surface area (Å²) in [6, 6.07) is 4.74. The Labute approximate surface area is 102 Å². The van der Waals surface area contributed by atoms with E-state index in [2.05, 4.69) is 16.0 Å². The molecular weight excluding hydrogens is 220 g/mol. The fraction of sp³-hybridized carbons (Fsp3) is 0.615. The molecule has 2 atom stereocenters. The SMILES string of the molecule is Clc1ccc(N2CCCC3CCCC32)nc1. The molecule has 2 aliphatic rings. The van der Waals surface area contributed by atoms with Crippen molar-refractivity contribution in [1.29, 1.82) is 0 Å². The zero-order chi connectivity index (χ0) is 11.0. The number of anilines is 1. The normalized spacial score (nSPS) is 29.2. The molecule has 3 rings (SSSR count). The zero-order valence-electron chi connectivity index (χ0n) is 9.40. The highest BCUT2D eigenvalue weighted by molar-refractivity contribution is 6.30. The minimum atomic E-state index is 0.726.